The van der Waals surface area contributed by atoms with Gasteiger partial charge in [-0.3, -0.25) is 29.1 Å². The molecule has 66 heavy (non-hydrogen) atoms. The number of Topliss-reactive ketones (excluding diaryl/α,β-unsaturated/α-hetero) is 1. The van der Waals surface area contributed by atoms with Gasteiger partial charge in [0, 0.05) is 88.3 Å². The number of hydrogen-bond acceptors (Lipinski definition) is 12. The van der Waals surface area contributed by atoms with Crippen LogP contribution in [0.15, 0.2) is 58.1 Å². The van der Waals surface area contributed by atoms with Crippen molar-refractivity contribution in [1.82, 2.24) is 35.1 Å². The number of hydrogen-bond donors (Lipinski definition) is 1. The molecule has 3 saturated heterocycles. The fourth-order valence-corrected chi connectivity index (χ4v) is 11.5. The number of piperidine rings is 1. The molecule has 0 spiro atoms. The Morgan fingerprint density at radius 1 is 0.924 bits per heavy atom. The molecule has 3 amide bonds. The van der Waals surface area contributed by atoms with E-state index in [1.165, 1.54) is 12.1 Å². The van der Waals surface area contributed by atoms with Gasteiger partial charge in [0.2, 0.25) is 11.8 Å². The van der Waals surface area contributed by atoms with Crippen LogP contribution in [0.4, 0.5) is 4.39 Å². The Balaban J connectivity index is 0.776. The molecule has 352 valence electrons. The molecule has 16 heteroatoms. The summed E-state index contributed by atoms with van der Waals surface area (Å²) in [5.41, 5.74) is 2.78. The van der Waals surface area contributed by atoms with Gasteiger partial charge in [-0.05, 0) is 110 Å². The van der Waals surface area contributed by atoms with Crippen LogP contribution in [0.25, 0.3) is 16.3 Å². The summed E-state index contributed by atoms with van der Waals surface area (Å²) in [4.78, 5) is 67.9. The van der Waals surface area contributed by atoms with E-state index < -0.39 is 11.7 Å². The number of carbonyl (C=O) groups excluding carboxylic acids is 4. The summed E-state index contributed by atoms with van der Waals surface area (Å²) < 4.78 is 33.8. The predicted molar refractivity (Wildman–Crippen MR) is 248 cm³/mol. The molecule has 2 aliphatic carbocycles. The number of thiophene rings is 1. The molecule has 14 nitrogen and oxygen atoms in total. The van der Waals surface area contributed by atoms with Gasteiger partial charge >= 0.3 is 0 Å². The first kappa shape index (κ1) is 45.9. The minimum absolute atomic E-state index is 0.00460. The van der Waals surface area contributed by atoms with Crippen LogP contribution in [-0.2, 0) is 25.7 Å². The van der Waals surface area contributed by atoms with E-state index in [4.69, 9.17) is 14.0 Å². The van der Waals surface area contributed by atoms with Crippen molar-refractivity contribution in [3.05, 3.63) is 76.3 Å². The van der Waals surface area contributed by atoms with Crippen LogP contribution in [-0.4, -0.2) is 131 Å². The summed E-state index contributed by atoms with van der Waals surface area (Å²) >= 11 is 1.65. The van der Waals surface area contributed by atoms with E-state index in [9.17, 15) is 23.6 Å². The van der Waals surface area contributed by atoms with Gasteiger partial charge in [-0.1, -0.05) is 25.3 Å². The van der Waals surface area contributed by atoms with Crippen LogP contribution in [0.2, 0.25) is 0 Å². The molecule has 4 fully saturated rings. The average Bonchev–Trinajstić information content (AvgIpc) is 4.18. The Morgan fingerprint density at radius 2 is 1.71 bits per heavy atom. The van der Waals surface area contributed by atoms with Gasteiger partial charge in [-0.2, -0.15) is 0 Å². The van der Waals surface area contributed by atoms with Gasteiger partial charge in [0.05, 0.1) is 28.8 Å². The number of nitrogens with one attached hydrogen (secondary N) is 1. The SMILES string of the molecule is CN[C@@H](C)C(=O)C[C@H](C(=O)N1CCN(C(=O)C2=Cc3cc(F)ccc3C2CC(=O)N2CCC[C@H]2COc2cc(CN3CCC(Oc4ccnc5ccsc45)CC3)on2)CC1)C1CCCCC1. The third-order valence-corrected chi connectivity index (χ3v) is 15.6. The number of benzene rings is 1. The van der Waals surface area contributed by atoms with Gasteiger partial charge < -0.3 is 34.0 Å². The van der Waals surface area contributed by atoms with Gasteiger partial charge in [0.1, 0.15) is 30.1 Å². The second-order valence-corrected chi connectivity index (χ2v) is 19.7. The number of ether oxygens (including phenoxy) is 2. The van der Waals surface area contributed by atoms with E-state index in [2.05, 4.69) is 20.4 Å². The first-order valence-corrected chi connectivity index (χ1v) is 24.9. The number of halogens is 1. The van der Waals surface area contributed by atoms with Crippen LogP contribution >= 0.6 is 11.3 Å². The van der Waals surface area contributed by atoms with Crippen molar-refractivity contribution in [3.8, 4) is 11.6 Å². The summed E-state index contributed by atoms with van der Waals surface area (Å²) in [6.45, 7) is 6.40. The van der Waals surface area contributed by atoms with E-state index in [1.54, 1.807) is 41.6 Å². The van der Waals surface area contributed by atoms with E-state index in [0.29, 0.717) is 62.0 Å². The highest BCUT2D eigenvalue weighted by Gasteiger charge is 2.40. The zero-order valence-corrected chi connectivity index (χ0v) is 38.9. The van der Waals surface area contributed by atoms with Crippen molar-refractivity contribution in [2.75, 3.05) is 59.5 Å². The zero-order valence-electron chi connectivity index (χ0n) is 38.1. The molecule has 1 saturated carbocycles. The maximum atomic E-state index is 14.6. The standard InChI is InChI=1S/C50H62FN7O7S/c1-32(52-2)44(59)28-40(33-7-4-3-5-8-33)49(61)56-20-22-57(23-21-56)50(62)42-26-34-25-35(51)10-11-39(34)41(42)29-47(60)58-17-6-9-36(58)31-63-46-27-38(65-54-46)30-55-18-13-37(14-19-55)64-45-12-16-53-43-15-24-66-48(43)45/h10-12,15-16,24-27,32-33,36-37,40-41,52H,3-9,13-14,17-23,28-31H2,1-2H3/t32-,36-,40-,41?/m0/s1. The number of piperazine rings is 1. The summed E-state index contributed by atoms with van der Waals surface area (Å²) in [6, 6.07) is 9.77. The number of aromatic nitrogens is 2. The topological polar surface area (TPSA) is 151 Å². The number of carbonyl (C=O) groups is 4. The number of pyridine rings is 1. The lowest BCUT2D eigenvalue weighted by Crippen LogP contribution is -2.53. The van der Waals surface area contributed by atoms with Crippen LogP contribution in [0, 0.1) is 17.7 Å². The van der Waals surface area contributed by atoms with E-state index in [0.717, 1.165) is 92.4 Å². The van der Waals surface area contributed by atoms with Gasteiger partial charge in [0.25, 0.3) is 11.8 Å². The lowest BCUT2D eigenvalue weighted by Gasteiger charge is -2.39. The van der Waals surface area contributed by atoms with Gasteiger partial charge in [-0.15, -0.1) is 11.3 Å². The molecule has 4 atom stereocenters. The van der Waals surface area contributed by atoms with Crippen LogP contribution in [0.3, 0.4) is 0 Å². The number of rotatable bonds is 16. The average molecular weight is 924 g/mol. The number of ketones is 1. The fraction of sp³-hybridized carbons (Fsp3) is 0.560. The van der Waals surface area contributed by atoms with Gasteiger partial charge in [0.15, 0.2) is 5.76 Å². The van der Waals surface area contributed by atoms with E-state index in [-0.39, 0.29) is 73.0 Å². The number of amides is 3. The van der Waals surface area contributed by atoms with Crippen molar-refractivity contribution < 1.29 is 37.6 Å². The molecular weight excluding hydrogens is 862 g/mol. The number of nitrogens with zero attached hydrogens (tertiary/aromatic N) is 6. The second kappa shape index (κ2) is 20.8. The largest absolute Gasteiger partial charge is 0.489 e. The van der Waals surface area contributed by atoms with Crippen LogP contribution < -0.4 is 14.8 Å². The summed E-state index contributed by atoms with van der Waals surface area (Å²) in [6.07, 6.45) is 12.5. The third kappa shape index (κ3) is 10.3. The molecule has 1 unspecified atom stereocenters. The Labute approximate surface area is 389 Å². The summed E-state index contributed by atoms with van der Waals surface area (Å²) in [5, 5.41) is 9.25. The molecule has 5 aliphatic rings. The summed E-state index contributed by atoms with van der Waals surface area (Å²) in [5.74, 6) is 0.607. The minimum atomic E-state index is -0.541. The van der Waals surface area contributed by atoms with Crippen LogP contribution in [0.5, 0.6) is 11.6 Å². The van der Waals surface area contributed by atoms with Crippen molar-refractivity contribution in [2.45, 2.75) is 108 Å². The Kier molecular flexibility index (Phi) is 14.5. The zero-order chi connectivity index (χ0) is 45.7. The molecule has 4 aromatic rings. The highest BCUT2D eigenvalue weighted by Crippen LogP contribution is 2.41. The Hall–Kier alpha value is -5.19. The highest BCUT2D eigenvalue weighted by molar-refractivity contribution is 7.17. The summed E-state index contributed by atoms with van der Waals surface area (Å²) in [7, 11) is 1.76. The molecule has 3 aliphatic heterocycles. The molecule has 0 radical (unpaired) electrons. The maximum absolute atomic E-state index is 14.6. The molecule has 3 aromatic heterocycles. The first-order chi connectivity index (χ1) is 32.1. The molecule has 1 aromatic carbocycles. The normalized spacial score (nSPS) is 21.7. The van der Waals surface area contributed by atoms with E-state index >= 15 is 0 Å². The maximum Gasteiger partial charge on any atom is 0.254 e. The van der Waals surface area contributed by atoms with Crippen LogP contribution in [0.1, 0.15) is 100 Å². The predicted octanol–water partition coefficient (Wildman–Crippen LogP) is 6.84. The lowest BCUT2D eigenvalue weighted by atomic mass is 9.76. The fourth-order valence-electron chi connectivity index (χ4n) is 10.7. The third-order valence-electron chi connectivity index (χ3n) is 14.7. The molecule has 6 heterocycles. The molecular formula is C50H62FN7O7S. The quantitative estimate of drug-likeness (QED) is 0.126. The van der Waals surface area contributed by atoms with Crippen molar-refractivity contribution in [3.63, 3.8) is 0 Å². The number of likely N-dealkylation sites (tertiary alicyclic amines) is 2. The smallest absolute Gasteiger partial charge is 0.254 e. The van der Waals surface area contributed by atoms with Crippen molar-refractivity contribution in [1.29, 1.82) is 0 Å². The minimum Gasteiger partial charge on any atom is -0.489 e. The van der Waals surface area contributed by atoms with E-state index in [1.807, 2.05) is 40.3 Å². The highest BCUT2D eigenvalue weighted by atomic mass is 32.1. The number of likely N-dealkylation sites (N-methyl/N-ethyl adjacent to an activating group) is 1. The lowest BCUT2D eigenvalue weighted by molar-refractivity contribution is -0.144. The number of fused-ring (bicyclic) bond motifs is 2. The molecule has 9 rings (SSSR count). The first-order valence-electron chi connectivity index (χ1n) is 24.0. The Bertz CT molecular complexity index is 2400. The van der Waals surface area contributed by atoms with Crippen molar-refractivity contribution in [2.24, 2.45) is 11.8 Å². The monoisotopic (exact) mass is 923 g/mol. The molecule has 1 N–H and O–H groups in total. The van der Waals surface area contributed by atoms with Crippen molar-refractivity contribution >= 4 is 51.1 Å². The van der Waals surface area contributed by atoms with Gasteiger partial charge in [-0.25, -0.2) is 4.39 Å². The molecule has 0 bridgehead atoms. The Morgan fingerprint density at radius 3 is 2.50 bits per heavy atom. The second-order valence-electron chi connectivity index (χ2n) is 18.8.